The lowest BCUT2D eigenvalue weighted by Gasteiger charge is -2.24. The van der Waals surface area contributed by atoms with E-state index in [0.29, 0.717) is 30.0 Å². The number of hydrogen-bond acceptors (Lipinski definition) is 2. The fourth-order valence-electron chi connectivity index (χ4n) is 4.60. The first-order chi connectivity index (χ1) is 10.3. The van der Waals surface area contributed by atoms with Gasteiger partial charge in [-0.2, -0.15) is 0 Å². The van der Waals surface area contributed by atoms with Crippen molar-refractivity contribution in [3.05, 3.63) is 35.9 Å². The summed E-state index contributed by atoms with van der Waals surface area (Å²) in [5.74, 6) is 1.53. The quantitative estimate of drug-likeness (QED) is 0.854. The molecule has 21 heavy (non-hydrogen) atoms. The molecule has 3 heterocycles. The van der Waals surface area contributed by atoms with Crippen LogP contribution in [0.3, 0.4) is 0 Å². The fourth-order valence-corrected chi connectivity index (χ4v) is 4.60. The third kappa shape index (κ3) is 2.10. The predicted octanol–water partition coefficient (Wildman–Crippen LogP) is 2.82. The third-order valence-electron chi connectivity index (χ3n) is 5.67. The van der Waals surface area contributed by atoms with Crippen LogP contribution in [0.15, 0.2) is 30.3 Å². The number of rotatable bonds is 3. The SMILES string of the molecule is CC[C@@H](C(=O)N1C[C@@H]2[C@H](C1)[C@H]1CC[C@H]2O1)c1ccccc1. The first-order valence-electron chi connectivity index (χ1n) is 8.27. The summed E-state index contributed by atoms with van der Waals surface area (Å²) in [5.41, 5.74) is 1.15. The summed E-state index contributed by atoms with van der Waals surface area (Å²) in [4.78, 5) is 15.0. The minimum absolute atomic E-state index is 0.0172. The topological polar surface area (TPSA) is 29.5 Å². The van der Waals surface area contributed by atoms with Crippen LogP contribution in [0.4, 0.5) is 0 Å². The van der Waals surface area contributed by atoms with Crippen molar-refractivity contribution in [2.45, 2.75) is 44.3 Å². The fraction of sp³-hybridized carbons (Fsp3) is 0.611. The number of nitrogens with zero attached hydrogens (tertiary/aromatic N) is 1. The van der Waals surface area contributed by atoms with Gasteiger partial charge in [-0.05, 0) is 24.8 Å². The largest absolute Gasteiger partial charge is 0.374 e. The molecule has 112 valence electrons. The van der Waals surface area contributed by atoms with Gasteiger partial charge in [0.2, 0.25) is 5.91 Å². The Morgan fingerprint density at radius 3 is 2.38 bits per heavy atom. The lowest BCUT2D eigenvalue weighted by molar-refractivity contribution is -0.132. The molecule has 3 heteroatoms. The van der Waals surface area contributed by atoms with Gasteiger partial charge in [-0.15, -0.1) is 0 Å². The highest BCUT2D eigenvalue weighted by atomic mass is 16.5. The number of hydrogen-bond donors (Lipinski definition) is 0. The van der Waals surface area contributed by atoms with Gasteiger partial charge in [0.1, 0.15) is 0 Å². The molecule has 1 aromatic rings. The van der Waals surface area contributed by atoms with Crippen molar-refractivity contribution in [2.75, 3.05) is 13.1 Å². The van der Waals surface area contributed by atoms with Gasteiger partial charge in [0.05, 0.1) is 18.1 Å². The van der Waals surface area contributed by atoms with E-state index in [1.807, 2.05) is 18.2 Å². The monoisotopic (exact) mass is 285 g/mol. The van der Waals surface area contributed by atoms with E-state index in [1.165, 1.54) is 12.8 Å². The molecular weight excluding hydrogens is 262 g/mol. The summed E-state index contributed by atoms with van der Waals surface area (Å²) in [6.45, 7) is 3.93. The minimum Gasteiger partial charge on any atom is -0.374 e. The van der Waals surface area contributed by atoms with E-state index in [1.54, 1.807) is 0 Å². The molecule has 1 aromatic carbocycles. The number of carbonyl (C=O) groups excluding carboxylic acids is 1. The average molecular weight is 285 g/mol. The van der Waals surface area contributed by atoms with Gasteiger partial charge >= 0.3 is 0 Å². The van der Waals surface area contributed by atoms with Crippen molar-refractivity contribution in [3.63, 3.8) is 0 Å². The molecule has 0 N–H and O–H groups in total. The van der Waals surface area contributed by atoms with Gasteiger partial charge in [0, 0.05) is 24.9 Å². The number of fused-ring (bicyclic) bond motifs is 5. The van der Waals surface area contributed by atoms with Gasteiger partial charge in [-0.25, -0.2) is 0 Å². The van der Waals surface area contributed by atoms with Gasteiger partial charge in [0.15, 0.2) is 0 Å². The molecule has 1 amide bonds. The molecule has 0 unspecified atom stereocenters. The molecule has 0 saturated carbocycles. The second-order valence-electron chi connectivity index (χ2n) is 6.73. The Kier molecular flexibility index (Phi) is 3.26. The van der Waals surface area contributed by atoms with Crippen LogP contribution >= 0.6 is 0 Å². The Morgan fingerprint density at radius 1 is 1.19 bits per heavy atom. The second kappa shape index (κ2) is 5.13. The molecular formula is C18H23NO2. The van der Waals surface area contributed by atoms with Gasteiger partial charge in [0.25, 0.3) is 0 Å². The molecule has 3 saturated heterocycles. The van der Waals surface area contributed by atoms with Crippen LogP contribution < -0.4 is 0 Å². The maximum absolute atomic E-state index is 12.9. The van der Waals surface area contributed by atoms with E-state index >= 15 is 0 Å². The Balaban J connectivity index is 1.50. The highest BCUT2D eigenvalue weighted by Gasteiger charge is 2.54. The first-order valence-corrected chi connectivity index (χ1v) is 8.27. The van der Waals surface area contributed by atoms with Crippen LogP contribution in [-0.4, -0.2) is 36.1 Å². The van der Waals surface area contributed by atoms with Gasteiger partial charge in [-0.3, -0.25) is 4.79 Å². The van der Waals surface area contributed by atoms with Crippen molar-refractivity contribution in [2.24, 2.45) is 11.8 Å². The number of ether oxygens (including phenoxy) is 1. The zero-order chi connectivity index (χ0) is 14.4. The van der Waals surface area contributed by atoms with Crippen LogP contribution in [0.5, 0.6) is 0 Å². The molecule has 5 atom stereocenters. The van der Waals surface area contributed by atoms with E-state index in [-0.39, 0.29) is 5.92 Å². The highest BCUT2D eigenvalue weighted by molar-refractivity contribution is 5.84. The summed E-state index contributed by atoms with van der Waals surface area (Å²) in [6, 6.07) is 10.2. The minimum atomic E-state index is 0.0172. The lowest BCUT2D eigenvalue weighted by Crippen LogP contribution is -2.35. The lowest BCUT2D eigenvalue weighted by atomic mass is 9.82. The van der Waals surface area contributed by atoms with E-state index in [0.717, 1.165) is 25.1 Å². The Hall–Kier alpha value is -1.35. The molecule has 2 bridgehead atoms. The average Bonchev–Trinajstić information content (AvgIpc) is 3.21. The van der Waals surface area contributed by atoms with Crippen molar-refractivity contribution in [1.29, 1.82) is 0 Å². The van der Waals surface area contributed by atoms with Crippen LogP contribution in [0, 0.1) is 11.8 Å². The number of benzene rings is 1. The Labute approximate surface area is 126 Å². The van der Waals surface area contributed by atoms with Crippen molar-refractivity contribution >= 4 is 5.91 Å². The maximum atomic E-state index is 12.9. The molecule has 0 aromatic heterocycles. The van der Waals surface area contributed by atoms with Gasteiger partial charge < -0.3 is 9.64 Å². The first kappa shape index (κ1) is 13.3. The van der Waals surface area contributed by atoms with E-state index in [2.05, 4.69) is 24.0 Å². The normalized spacial score (nSPS) is 35.0. The van der Waals surface area contributed by atoms with Crippen LogP contribution in [0.1, 0.15) is 37.7 Å². The molecule has 3 nitrogen and oxygen atoms in total. The standard InChI is InChI=1S/C18H23NO2/c1-2-13(12-6-4-3-5-7-12)18(20)19-10-14-15(11-19)17-9-8-16(14)21-17/h3-7,13-17H,2,8-11H2,1H3/t13-,14-,15+,16-,17-/m1/s1. The van der Waals surface area contributed by atoms with Crippen molar-refractivity contribution in [1.82, 2.24) is 4.90 Å². The summed E-state index contributed by atoms with van der Waals surface area (Å²) >= 11 is 0. The predicted molar refractivity (Wildman–Crippen MR) is 80.9 cm³/mol. The third-order valence-corrected chi connectivity index (χ3v) is 5.67. The zero-order valence-corrected chi connectivity index (χ0v) is 12.6. The Morgan fingerprint density at radius 2 is 1.81 bits per heavy atom. The summed E-state index contributed by atoms with van der Waals surface area (Å²) in [7, 11) is 0. The summed E-state index contributed by atoms with van der Waals surface area (Å²) in [5, 5.41) is 0. The molecule has 0 radical (unpaired) electrons. The van der Waals surface area contributed by atoms with Gasteiger partial charge in [-0.1, -0.05) is 37.3 Å². The van der Waals surface area contributed by atoms with Crippen LogP contribution in [0.25, 0.3) is 0 Å². The second-order valence-corrected chi connectivity index (χ2v) is 6.73. The summed E-state index contributed by atoms with van der Waals surface area (Å²) in [6.07, 6.45) is 4.12. The van der Waals surface area contributed by atoms with Crippen LogP contribution in [0.2, 0.25) is 0 Å². The molecule has 3 fully saturated rings. The molecule has 3 aliphatic heterocycles. The molecule has 0 aliphatic carbocycles. The maximum Gasteiger partial charge on any atom is 0.230 e. The number of amides is 1. The molecule has 3 aliphatic rings. The van der Waals surface area contributed by atoms with Crippen molar-refractivity contribution < 1.29 is 9.53 Å². The van der Waals surface area contributed by atoms with Crippen LogP contribution in [-0.2, 0) is 9.53 Å². The molecule has 0 spiro atoms. The zero-order valence-electron chi connectivity index (χ0n) is 12.6. The summed E-state index contributed by atoms with van der Waals surface area (Å²) < 4.78 is 6.00. The smallest absolute Gasteiger partial charge is 0.230 e. The highest BCUT2D eigenvalue weighted by Crippen LogP contribution is 2.47. The Bertz CT molecular complexity index is 511. The van der Waals surface area contributed by atoms with Crippen molar-refractivity contribution in [3.8, 4) is 0 Å². The number of carbonyl (C=O) groups is 1. The van der Waals surface area contributed by atoms with E-state index in [9.17, 15) is 4.79 Å². The van der Waals surface area contributed by atoms with E-state index in [4.69, 9.17) is 4.74 Å². The molecule has 4 rings (SSSR count). The van der Waals surface area contributed by atoms with E-state index < -0.39 is 0 Å². The number of likely N-dealkylation sites (tertiary alicyclic amines) is 1.